The van der Waals surface area contributed by atoms with Crippen LogP contribution in [0.1, 0.15) is 50.7 Å². The average molecular weight is 507 g/mol. The molecule has 5 atom stereocenters. The molecule has 0 radical (unpaired) electrons. The Labute approximate surface area is 217 Å². The van der Waals surface area contributed by atoms with Crippen molar-refractivity contribution in [1.82, 2.24) is 0 Å². The van der Waals surface area contributed by atoms with Crippen molar-refractivity contribution in [3.63, 3.8) is 0 Å². The number of carbonyl (C=O) groups excluding carboxylic acids is 2. The normalized spacial score (nSPS) is 29.8. The van der Waals surface area contributed by atoms with Crippen molar-refractivity contribution in [1.29, 1.82) is 0 Å². The quantitative estimate of drug-likeness (QED) is 0.576. The van der Waals surface area contributed by atoms with E-state index in [1.165, 1.54) is 0 Å². The average Bonchev–Trinajstić information content (AvgIpc) is 3.33. The highest BCUT2D eigenvalue weighted by molar-refractivity contribution is 5.99. The molecule has 3 aliphatic rings. The van der Waals surface area contributed by atoms with Gasteiger partial charge in [0.25, 0.3) is 0 Å². The number of rotatable bonds is 6. The van der Waals surface area contributed by atoms with Crippen LogP contribution in [0.25, 0.3) is 0 Å². The molecule has 2 aromatic carbocycles. The molecule has 2 aromatic rings. The van der Waals surface area contributed by atoms with Crippen molar-refractivity contribution in [2.24, 2.45) is 17.3 Å². The van der Waals surface area contributed by atoms with Gasteiger partial charge in [-0.05, 0) is 47.7 Å². The third-order valence-corrected chi connectivity index (χ3v) is 8.05. The molecule has 7 heteroatoms. The van der Waals surface area contributed by atoms with Crippen molar-refractivity contribution in [2.45, 2.75) is 51.2 Å². The maximum Gasteiger partial charge on any atom is 0.312 e. The third kappa shape index (κ3) is 3.91. The Balaban J connectivity index is 1.76. The molecule has 0 amide bonds. The first-order valence-corrected chi connectivity index (χ1v) is 12.7. The Morgan fingerprint density at radius 2 is 1.57 bits per heavy atom. The fourth-order valence-corrected chi connectivity index (χ4v) is 6.60. The lowest BCUT2D eigenvalue weighted by molar-refractivity contribution is -0.152. The van der Waals surface area contributed by atoms with Gasteiger partial charge in [-0.3, -0.25) is 9.59 Å². The Bertz CT molecular complexity index is 1230. The van der Waals surface area contributed by atoms with E-state index in [1.54, 1.807) is 21.1 Å². The van der Waals surface area contributed by atoms with Crippen LogP contribution in [0, 0.1) is 17.3 Å². The lowest BCUT2D eigenvalue weighted by atomic mass is 9.69. The minimum atomic E-state index is -1.18. The molecule has 2 aliphatic carbocycles. The van der Waals surface area contributed by atoms with E-state index in [9.17, 15) is 14.7 Å². The van der Waals surface area contributed by atoms with Gasteiger partial charge in [0, 0.05) is 24.3 Å². The van der Waals surface area contributed by atoms with Crippen LogP contribution >= 0.6 is 0 Å². The zero-order chi connectivity index (χ0) is 26.5. The molecule has 0 spiro atoms. The highest BCUT2D eigenvalue weighted by atomic mass is 16.5. The summed E-state index contributed by atoms with van der Waals surface area (Å²) < 4.78 is 23.1. The number of benzene rings is 2. The summed E-state index contributed by atoms with van der Waals surface area (Å²) in [5, 5.41) is 11.9. The van der Waals surface area contributed by atoms with Crippen molar-refractivity contribution >= 4 is 11.8 Å². The molecule has 1 heterocycles. The van der Waals surface area contributed by atoms with Crippen molar-refractivity contribution < 1.29 is 33.6 Å². The van der Waals surface area contributed by atoms with E-state index in [0.717, 1.165) is 11.1 Å². The summed E-state index contributed by atoms with van der Waals surface area (Å²) >= 11 is 0. The summed E-state index contributed by atoms with van der Waals surface area (Å²) in [5.41, 5.74) is 0.621. The second-order valence-electron chi connectivity index (χ2n) is 10.9. The second kappa shape index (κ2) is 9.21. The number of aliphatic hydroxyl groups excluding tert-OH is 1. The van der Waals surface area contributed by atoms with E-state index in [0.29, 0.717) is 35.7 Å². The molecule has 0 saturated heterocycles. The van der Waals surface area contributed by atoms with Crippen LogP contribution in [0.3, 0.4) is 0 Å². The third-order valence-electron chi connectivity index (χ3n) is 8.05. The van der Waals surface area contributed by atoms with Crippen LogP contribution in [0.5, 0.6) is 11.5 Å². The molecule has 5 rings (SSSR count). The van der Waals surface area contributed by atoms with Gasteiger partial charge in [0.05, 0.1) is 38.8 Å². The van der Waals surface area contributed by atoms with Crippen LogP contribution in [0.4, 0.5) is 0 Å². The first-order chi connectivity index (χ1) is 17.7. The monoisotopic (exact) mass is 506 g/mol. The SMILES string of the molecule is CCOC(=O)[C@H]1[C@H](O)[C@H]2C3=C(CC(C)(C)CC3=O)O[C@@]2(c2ccc(OC)cc2)[C@@H]1c1ccc(OC)cc1. The first-order valence-electron chi connectivity index (χ1n) is 12.7. The molecule has 37 heavy (non-hydrogen) atoms. The Morgan fingerprint density at radius 1 is 0.973 bits per heavy atom. The minimum Gasteiger partial charge on any atom is -0.497 e. The van der Waals surface area contributed by atoms with E-state index < -0.39 is 35.4 Å². The zero-order valence-electron chi connectivity index (χ0n) is 21.9. The molecule has 0 aromatic heterocycles. The highest BCUT2D eigenvalue weighted by Crippen LogP contribution is 2.66. The smallest absolute Gasteiger partial charge is 0.312 e. The number of carbonyl (C=O) groups is 2. The number of esters is 1. The number of fused-ring (bicyclic) bond motifs is 2. The largest absolute Gasteiger partial charge is 0.497 e. The summed E-state index contributed by atoms with van der Waals surface area (Å²) in [6.07, 6.45) is -0.242. The van der Waals surface area contributed by atoms with Crippen molar-refractivity contribution in [3.8, 4) is 11.5 Å². The van der Waals surface area contributed by atoms with E-state index in [-0.39, 0.29) is 17.8 Å². The summed E-state index contributed by atoms with van der Waals surface area (Å²) in [5.74, 6) is -0.860. The first kappa shape index (κ1) is 25.3. The predicted molar refractivity (Wildman–Crippen MR) is 136 cm³/mol. The van der Waals surface area contributed by atoms with Gasteiger partial charge in [0.2, 0.25) is 0 Å². The zero-order valence-corrected chi connectivity index (χ0v) is 21.9. The van der Waals surface area contributed by atoms with Gasteiger partial charge in [0.15, 0.2) is 11.4 Å². The molecule has 1 N–H and O–H groups in total. The molecular weight excluding hydrogens is 472 g/mol. The van der Waals surface area contributed by atoms with Gasteiger partial charge in [-0.25, -0.2) is 0 Å². The van der Waals surface area contributed by atoms with Crippen molar-refractivity contribution in [2.75, 3.05) is 20.8 Å². The number of methoxy groups -OCH3 is 2. The number of ether oxygens (including phenoxy) is 4. The summed E-state index contributed by atoms with van der Waals surface area (Å²) in [4.78, 5) is 27.0. The molecule has 1 saturated carbocycles. The Hall–Kier alpha value is -3.32. The fraction of sp³-hybridized carbons (Fsp3) is 0.467. The van der Waals surface area contributed by atoms with Crippen LogP contribution < -0.4 is 9.47 Å². The molecule has 7 nitrogen and oxygen atoms in total. The number of hydrogen-bond donors (Lipinski definition) is 1. The number of Topliss-reactive ketones (excluding diaryl/α,β-unsaturated/α-hetero) is 1. The standard InChI is InChI=1S/C30H34O7/c1-6-36-28(33)24-25(17-7-11-19(34-4)12-8-17)30(18-9-13-20(35-5)14-10-18)26(27(24)32)23-21(31)15-29(2,3)16-22(23)37-30/h7-14,24-27,32H,6,15-16H2,1-5H3/t24-,25-,26-,27+,30+/m1/s1. The highest BCUT2D eigenvalue weighted by Gasteiger charge is 2.71. The van der Waals surface area contributed by atoms with Gasteiger partial charge < -0.3 is 24.1 Å². The van der Waals surface area contributed by atoms with Crippen LogP contribution in [0.15, 0.2) is 59.9 Å². The maximum atomic E-state index is 13.6. The Morgan fingerprint density at radius 3 is 2.14 bits per heavy atom. The van der Waals surface area contributed by atoms with E-state index in [4.69, 9.17) is 18.9 Å². The molecule has 0 unspecified atom stereocenters. The van der Waals surface area contributed by atoms with Crippen LogP contribution in [0.2, 0.25) is 0 Å². The number of hydrogen-bond acceptors (Lipinski definition) is 7. The molecule has 1 fully saturated rings. The number of allylic oxidation sites excluding steroid dienone is 1. The lowest BCUT2D eigenvalue weighted by Gasteiger charge is -2.38. The van der Waals surface area contributed by atoms with Crippen molar-refractivity contribution in [3.05, 3.63) is 71.0 Å². The van der Waals surface area contributed by atoms with E-state index in [2.05, 4.69) is 0 Å². The van der Waals surface area contributed by atoms with Gasteiger partial charge in [0.1, 0.15) is 17.3 Å². The summed E-state index contributed by atoms with van der Waals surface area (Å²) in [6.45, 7) is 6.01. The number of ketones is 1. The van der Waals surface area contributed by atoms with Crippen LogP contribution in [-0.2, 0) is 24.7 Å². The van der Waals surface area contributed by atoms with Gasteiger partial charge in [-0.1, -0.05) is 38.1 Å². The summed E-state index contributed by atoms with van der Waals surface area (Å²) in [7, 11) is 3.19. The molecule has 1 aliphatic heterocycles. The predicted octanol–water partition coefficient (Wildman–Crippen LogP) is 4.53. The fourth-order valence-electron chi connectivity index (χ4n) is 6.60. The van der Waals surface area contributed by atoms with E-state index >= 15 is 0 Å². The molecule has 196 valence electrons. The lowest BCUT2D eigenvalue weighted by Crippen LogP contribution is -2.38. The van der Waals surface area contributed by atoms with Gasteiger partial charge >= 0.3 is 5.97 Å². The maximum absolute atomic E-state index is 13.6. The number of aliphatic hydroxyl groups is 1. The van der Waals surface area contributed by atoms with Gasteiger partial charge in [-0.15, -0.1) is 0 Å². The molecule has 0 bridgehead atoms. The van der Waals surface area contributed by atoms with Crippen LogP contribution in [-0.4, -0.2) is 43.8 Å². The van der Waals surface area contributed by atoms with Gasteiger partial charge in [-0.2, -0.15) is 0 Å². The second-order valence-corrected chi connectivity index (χ2v) is 10.9. The topological polar surface area (TPSA) is 91.3 Å². The van der Waals surface area contributed by atoms with E-state index in [1.807, 2.05) is 62.4 Å². The minimum absolute atomic E-state index is 0.0383. The Kier molecular flexibility index (Phi) is 6.31. The molecular formula is C30H34O7. The summed E-state index contributed by atoms with van der Waals surface area (Å²) in [6, 6.07) is 14.9.